The molecule has 2 heterocycles. The quantitative estimate of drug-likeness (QED) is 0.859. The topological polar surface area (TPSA) is 48.7 Å². The lowest BCUT2D eigenvalue weighted by atomic mass is 10.2. The van der Waals surface area contributed by atoms with Crippen molar-refractivity contribution in [3.63, 3.8) is 0 Å². The molecule has 0 aliphatic carbocycles. The van der Waals surface area contributed by atoms with E-state index < -0.39 is 0 Å². The first-order valence-corrected chi connectivity index (χ1v) is 8.32. The van der Waals surface area contributed by atoms with Crippen molar-refractivity contribution in [3.8, 4) is 0 Å². The Labute approximate surface area is 137 Å². The zero-order valence-electron chi connectivity index (χ0n) is 14.0. The third kappa shape index (κ3) is 3.92. The molecule has 0 spiro atoms. The Balaban J connectivity index is 1.46. The number of carbonyl (C=O) groups excluding carboxylic acids is 1. The van der Waals surface area contributed by atoms with Crippen LogP contribution in [0.25, 0.3) is 11.0 Å². The number of fused-ring (bicyclic) bond motifs is 1. The Morgan fingerprint density at radius 1 is 1.26 bits per heavy atom. The lowest BCUT2D eigenvalue weighted by Crippen LogP contribution is -2.45. The lowest BCUT2D eigenvalue weighted by molar-refractivity contribution is 0.0924. The number of carbonyl (C=O) groups is 1. The van der Waals surface area contributed by atoms with Gasteiger partial charge in [0.25, 0.3) is 5.91 Å². The van der Waals surface area contributed by atoms with Crippen LogP contribution >= 0.6 is 0 Å². The highest BCUT2D eigenvalue weighted by atomic mass is 16.3. The number of benzene rings is 1. The van der Waals surface area contributed by atoms with Crippen LogP contribution in [0.15, 0.2) is 28.7 Å². The molecule has 2 aromatic rings. The molecule has 0 saturated carbocycles. The zero-order chi connectivity index (χ0) is 16.2. The van der Waals surface area contributed by atoms with Crippen LogP contribution in [0.5, 0.6) is 0 Å². The molecule has 0 bridgehead atoms. The van der Waals surface area contributed by atoms with Gasteiger partial charge < -0.3 is 19.5 Å². The standard InChI is InChI=1S/C18H25N3O2/c1-14-5-3-6-15-13-16(23-17(14)15)18(22)19-7-4-8-21-11-9-20(2)10-12-21/h3,5-6,13H,4,7-12H2,1-2H3,(H,19,22). The number of amides is 1. The Hall–Kier alpha value is -1.85. The maximum Gasteiger partial charge on any atom is 0.287 e. The van der Waals surface area contributed by atoms with Crippen LogP contribution in [0, 0.1) is 6.92 Å². The van der Waals surface area contributed by atoms with Crippen molar-refractivity contribution in [2.24, 2.45) is 0 Å². The highest BCUT2D eigenvalue weighted by molar-refractivity contribution is 5.96. The first-order valence-electron chi connectivity index (χ1n) is 8.32. The van der Waals surface area contributed by atoms with Crippen molar-refractivity contribution >= 4 is 16.9 Å². The van der Waals surface area contributed by atoms with Crippen molar-refractivity contribution in [3.05, 3.63) is 35.6 Å². The molecule has 0 atom stereocenters. The molecule has 1 amide bonds. The molecule has 1 aromatic heterocycles. The summed E-state index contributed by atoms with van der Waals surface area (Å²) >= 11 is 0. The predicted molar refractivity (Wildman–Crippen MR) is 91.8 cm³/mol. The number of hydrogen-bond acceptors (Lipinski definition) is 4. The number of aryl methyl sites for hydroxylation is 1. The van der Waals surface area contributed by atoms with E-state index in [-0.39, 0.29) is 5.91 Å². The minimum atomic E-state index is -0.126. The maximum atomic E-state index is 12.2. The maximum absolute atomic E-state index is 12.2. The third-order valence-electron chi connectivity index (χ3n) is 4.50. The van der Waals surface area contributed by atoms with E-state index in [1.807, 2.05) is 31.2 Å². The molecule has 0 radical (unpaired) electrons. The summed E-state index contributed by atoms with van der Waals surface area (Å²) in [6.45, 7) is 8.20. The van der Waals surface area contributed by atoms with Gasteiger partial charge in [0.15, 0.2) is 5.76 Å². The Morgan fingerprint density at radius 2 is 2.04 bits per heavy atom. The molecule has 1 aromatic carbocycles. The van der Waals surface area contributed by atoms with Gasteiger partial charge in [-0.25, -0.2) is 0 Å². The summed E-state index contributed by atoms with van der Waals surface area (Å²) in [6.07, 6.45) is 0.967. The van der Waals surface area contributed by atoms with Crippen LogP contribution in [0.3, 0.4) is 0 Å². The van der Waals surface area contributed by atoms with E-state index in [2.05, 4.69) is 22.2 Å². The molecule has 1 aliphatic rings. The second-order valence-corrected chi connectivity index (χ2v) is 6.36. The van der Waals surface area contributed by atoms with Crippen molar-refractivity contribution in [1.29, 1.82) is 0 Å². The fourth-order valence-corrected chi connectivity index (χ4v) is 2.98. The average Bonchev–Trinajstić information content (AvgIpc) is 2.99. The molecule has 23 heavy (non-hydrogen) atoms. The summed E-state index contributed by atoms with van der Waals surface area (Å²) in [6, 6.07) is 7.75. The number of furan rings is 1. The predicted octanol–water partition coefficient (Wildman–Crippen LogP) is 2.11. The van der Waals surface area contributed by atoms with Gasteiger partial charge in [-0.1, -0.05) is 18.2 Å². The third-order valence-corrected chi connectivity index (χ3v) is 4.50. The summed E-state index contributed by atoms with van der Waals surface area (Å²) in [5, 5.41) is 3.94. The van der Waals surface area contributed by atoms with Crippen molar-refractivity contribution in [2.45, 2.75) is 13.3 Å². The van der Waals surface area contributed by atoms with Crippen LogP contribution in [0.2, 0.25) is 0 Å². The summed E-state index contributed by atoms with van der Waals surface area (Å²) in [7, 11) is 2.16. The van der Waals surface area contributed by atoms with Crippen LogP contribution < -0.4 is 5.32 Å². The molecule has 124 valence electrons. The van der Waals surface area contributed by atoms with Gasteiger partial charge in [-0.05, 0) is 38.6 Å². The Morgan fingerprint density at radius 3 is 2.78 bits per heavy atom. The van der Waals surface area contributed by atoms with Crippen LogP contribution in [0.4, 0.5) is 0 Å². The van der Waals surface area contributed by atoms with Gasteiger partial charge >= 0.3 is 0 Å². The lowest BCUT2D eigenvalue weighted by Gasteiger charge is -2.32. The minimum absolute atomic E-state index is 0.126. The number of hydrogen-bond donors (Lipinski definition) is 1. The SMILES string of the molecule is Cc1cccc2cc(C(=O)NCCCN3CCN(C)CC3)oc12. The van der Waals surface area contributed by atoms with E-state index in [1.165, 1.54) is 0 Å². The second-order valence-electron chi connectivity index (χ2n) is 6.36. The molecule has 1 fully saturated rings. The van der Waals surface area contributed by atoms with Gasteiger partial charge in [0.1, 0.15) is 5.58 Å². The van der Waals surface area contributed by atoms with Crippen molar-refractivity contribution < 1.29 is 9.21 Å². The number of nitrogens with zero attached hydrogens (tertiary/aromatic N) is 2. The molecule has 0 unspecified atom stereocenters. The van der Waals surface area contributed by atoms with E-state index in [1.54, 1.807) is 0 Å². The normalized spacial score (nSPS) is 16.8. The van der Waals surface area contributed by atoms with Crippen LogP contribution in [0.1, 0.15) is 22.5 Å². The number of rotatable bonds is 5. The number of nitrogens with one attached hydrogen (secondary N) is 1. The number of para-hydroxylation sites is 1. The molecule has 5 heteroatoms. The Kier molecular flexibility index (Phi) is 4.98. The van der Waals surface area contributed by atoms with Gasteiger partial charge in [0.05, 0.1) is 0 Å². The van der Waals surface area contributed by atoms with Gasteiger partial charge in [0.2, 0.25) is 0 Å². The largest absolute Gasteiger partial charge is 0.451 e. The van der Waals surface area contributed by atoms with E-state index in [4.69, 9.17) is 4.42 Å². The average molecular weight is 315 g/mol. The molecule has 1 saturated heterocycles. The minimum Gasteiger partial charge on any atom is -0.451 e. The molecule has 3 rings (SSSR count). The first-order chi connectivity index (χ1) is 11.1. The fourth-order valence-electron chi connectivity index (χ4n) is 2.98. The summed E-state index contributed by atoms with van der Waals surface area (Å²) in [5.74, 6) is 0.271. The fraction of sp³-hybridized carbons (Fsp3) is 0.500. The molecule has 5 nitrogen and oxygen atoms in total. The number of likely N-dealkylation sites (N-methyl/N-ethyl adjacent to an activating group) is 1. The highest BCUT2D eigenvalue weighted by Crippen LogP contribution is 2.22. The van der Waals surface area contributed by atoms with Gasteiger partial charge in [-0.15, -0.1) is 0 Å². The smallest absolute Gasteiger partial charge is 0.287 e. The van der Waals surface area contributed by atoms with E-state index in [0.717, 1.165) is 55.7 Å². The van der Waals surface area contributed by atoms with E-state index >= 15 is 0 Å². The molecule has 1 N–H and O–H groups in total. The first kappa shape index (κ1) is 16.0. The monoisotopic (exact) mass is 315 g/mol. The Bertz CT molecular complexity index is 672. The number of piperazine rings is 1. The van der Waals surface area contributed by atoms with Gasteiger partial charge in [-0.3, -0.25) is 4.79 Å². The van der Waals surface area contributed by atoms with Gasteiger partial charge in [-0.2, -0.15) is 0 Å². The summed E-state index contributed by atoms with van der Waals surface area (Å²) in [5.41, 5.74) is 1.85. The van der Waals surface area contributed by atoms with Gasteiger partial charge in [0, 0.05) is 38.1 Å². The highest BCUT2D eigenvalue weighted by Gasteiger charge is 2.14. The summed E-state index contributed by atoms with van der Waals surface area (Å²) in [4.78, 5) is 17.0. The second kappa shape index (κ2) is 7.15. The molecular formula is C18H25N3O2. The molecular weight excluding hydrogens is 290 g/mol. The summed E-state index contributed by atoms with van der Waals surface area (Å²) < 4.78 is 5.69. The van der Waals surface area contributed by atoms with Crippen LogP contribution in [-0.2, 0) is 0 Å². The van der Waals surface area contributed by atoms with Crippen molar-refractivity contribution in [2.75, 3.05) is 46.3 Å². The van der Waals surface area contributed by atoms with Crippen molar-refractivity contribution in [1.82, 2.24) is 15.1 Å². The van der Waals surface area contributed by atoms with E-state index in [9.17, 15) is 4.79 Å². The van der Waals surface area contributed by atoms with E-state index in [0.29, 0.717) is 12.3 Å². The van der Waals surface area contributed by atoms with Crippen LogP contribution in [-0.4, -0.2) is 62.0 Å². The zero-order valence-corrected chi connectivity index (χ0v) is 14.0. The molecule has 1 aliphatic heterocycles.